The smallest absolute Gasteiger partial charge is 0.290 e. The summed E-state index contributed by atoms with van der Waals surface area (Å²) in [6, 6.07) is 8.02. The molecule has 4 rings (SSSR count). The van der Waals surface area contributed by atoms with Crippen molar-refractivity contribution in [3.63, 3.8) is 0 Å². The van der Waals surface area contributed by atoms with Crippen molar-refractivity contribution in [2.24, 2.45) is 0 Å². The minimum absolute atomic E-state index is 0.0710. The molecule has 2 unspecified atom stereocenters. The molecule has 7 nitrogen and oxygen atoms in total. The number of aromatic nitrogens is 1. The van der Waals surface area contributed by atoms with E-state index in [1.807, 2.05) is 38.1 Å². The Balaban J connectivity index is 1.28. The lowest BCUT2D eigenvalue weighted by Crippen LogP contribution is -2.28. The molecular weight excluding hydrogens is 416 g/mol. The highest BCUT2D eigenvalue weighted by Crippen LogP contribution is 2.28. The van der Waals surface area contributed by atoms with E-state index < -0.39 is 0 Å². The van der Waals surface area contributed by atoms with Crippen molar-refractivity contribution in [2.45, 2.75) is 58.3 Å². The summed E-state index contributed by atoms with van der Waals surface area (Å²) in [5, 5.41) is 1.91. The second kappa shape index (κ2) is 9.80. The number of oxazole rings is 1. The highest BCUT2D eigenvalue weighted by atomic mass is 32.2. The average molecular weight is 443 g/mol. The van der Waals surface area contributed by atoms with Crippen molar-refractivity contribution in [3.05, 3.63) is 52.3 Å². The van der Waals surface area contributed by atoms with Crippen LogP contribution in [0.2, 0.25) is 0 Å². The number of amides is 2. The van der Waals surface area contributed by atoms with Gasteiger partial charge in [-0.25, -0.2) is 4.98 Å². The standard InChI is InChI=1S/C23H26N2O5S/c1-14-6-3-4-9-18(14)22-24-19(15(2)30-22)13-29-17-8-5-7-16(12-17)28-11-10-20-21(26)25-23(27)31-20/h3-4,6,9-10,16-17H,5,7-8,11-13H2,1-2H3,(H,25,26,27). The maximum Gasteiger partial charge on any atom is 0.290 e. The SMILES string of the molecule is Cc1ccccc1-c1nc(COC2CCCC(OCC=C3SC(=O)NC3=O)C2)c(C)o1. The Hall–Kier alpha value is -2.42. The Bertz CT molecular complexity index is 1000. The van der Waals surface area contributed by atoms with Gasteiger partial charge >= 0.3 is 0 Å². The van der Waals surface area contributed by atoms with Crippen LogP contribution in [0.25, 0.3) is 11.5 Å². The predicted octanol–water partition coefficient (Wildman–Crippen LogP) is 4.67. The summed E-state index contributed by atoms with van der Waals surface area (Å²) in [5.41, 5.74) is 2.93. The van der Waals surface area contributed by atoms with Gasteiger partial charge < -0.3 is 13.9 Å². The molecule has 1 aliphatic carbocycles. The minimum atomic E-state index is -0.350. The summed E-state index contributed by atoms with van der Waals surface area (Å²) in [4.78, 5) is 27.8. The molecule has 1 saturated carbocycles. The van der Waals surface area contributed by atoms with Gasteiger partial charge in [0.25, 0.3) is 11.1 Å². The van der Waals surface area contributed by atoms with Crippen LogP contribution in [0.4, 0.5) is 4.79 Å². The van der Waals surface area contributed by atoms with Crippen molar-refractivity contribution >= 4 is 22.9 Å². The number of hydrogen-bond donors (Lipinski definition) is 1. The van der Waals surface area contributed by atoms with E-state index in [4.69, 9.17) is 13.9 Å². The molecule has 2 heterocycles. The first-order chi connectivity index (χ1) is 15.0. The van der Waals surface area contributed by atoms with Crippen LogP contribution in [0.5, 0.6) is 0 Å². The molecule has 1 aromatic heterocycles. The van der Waals surface area contributed by atoms with Crippen LogP contribution < -0.4 is 5.32 Å². The maximum absolute atomic E-state index is 11.6. The number of imide groups is 1. The summed E-state index contributed by atoms with van der Waals surface area (Å²) in [6.45, 7) is 4.67. The molecule has 1 aromatic carbocycles. The quantitative estimate of drug-likeness (QED) is 0.623. The van der Waals surface area contributed by atoms with Crippen molar-refractivity contribution < 1.29 is 23.5 Å². The Labute approximate surface area is 185 Å². The number of carbonyl (C=O) groups excluding carboxylic acids is 2. The van der Waals surface area contributed by atoms with Gasteiger partial charge in [0, 0.05) is 5.56 Å². The third kappa shape index (κ3) is 5.44. The fourth-order valence-corrected chi connectivity index (χ4v) is 4.45. The first-order valence-corrected chi connectivity index (χ1v) is 11.3. The number of nitrogens with one attached hydrogen (secondary N) is 1. The van der Waals surface area contributed by atoms with Gasteiger partial charge in [-0.3, -0.25) is 14.9 Å². The van der Waals surface area contributed by atoms with Crippen molar-refractivity contribution in [1.29, 1.82) is 0 Å². The summed E-state index contributed by atoms with van der Waals surface area (Å²) >= 11 is 0.910. The third-order valence-electron chi connectivity index (χ3n) is 5.54. The zero-order valence-electron chi connectivity index (χ0n) is 17.7. The van der Waals surface area contributed by atoms with E-state index in [9.17, 15) is 9.59 Å². The number of benzene rings is 1. The van der Waals surface area contributed by atoms with Gasteiger partial charge in [0.15, 0.2) is 0 Å². The van der Waals surface area contributed by atoms with E-state index >= 15 is 0 Å². The van der Waals surface area contributed by atoms with Gasteiger partial charge in [-0.2, -0.15) is 0 Å². The molecule has 0 bridgehead atoms. The molecule has 164 valence electrons. The number of carbonyl (C=O) groups is 2. The number of nitrogens with zero attached hydrogens (tertiary/aromatic N) is 1. The first kappa shape index (κ1) is 21.8. The lowest BCUT2D eigenvalue weighted by molar-refractivity contribution is -0.115. The van der Waals surface area contributed by atoms with Gasteiger partial charge in [0.05, 0.1) is 30.3 Å². The van der Waals surface area contributed by atoms with E-state index in [-0.39, 0.29) is 23.4 Å². The maximum atomic E-state index is 11.6. The predicted molar refractivity (Wildman–Crippen MR) is 117 cm³/mol. The van der Waals surface area contributed by atoms with Crippen LogP contribution in [0.1, 0.15) is 42.7 Å². The lowest BCUT2D eigenvalue weighted by atomic mass is 9.95. The minimum Gasteiger partial charge on any atom is -0.441 e. The van der Waals surface area contributed by atoms with E-state index in [1.54, 1.807) is 6.08 Å². The van der Waals surface area contributed by atoms with Gasteiger partial charge in [0.2, 0.25) is 5.89 Å². The molecular formula is C23H26N2O5S. The van der Waals surface area contributed by atoms with Crippen LogP contribution in [-0.2, 0) is 20.9 Å². The van der Waals surface area contributed by atoms with Crippen LogP contribution in [-0.4, -0.2) is 34.9 Å². The van der Waals surface area contributed by atoms with E-state index in [0.29, 0.717) is 24.0 Å². The molecule has 0 spiro atoms. The first-order valence-electron chi connectivity index (χ1n) is 10.5. The summed E-state index contributed by atoms with van der Waals surface area (Å²) < 4.78 is 17.9. The summed E-state index contributed by atoms with van der Waals surface area (Å²) in [7, 11) is 0. The highest BCUT2D eigenvalue weighted by Gasteiger charge is 2.26. The van der Waals surface area contributed by atoms with Crippen LogP contribution in [0, 0.1) is 13.8 Å². The fourth-order valence-electron chi connectivity index (χ4n) is 3.81. The Morgan fingerprint density at radius 3 is 2.71 bits per heavy atom. The average Bonchev–Trinajstić information content (AvgIpc) is 3.28. The topological polar surface area (TPSA) is 90.7 Å². The van der Waals surface area contributed by atoms with Crippen LogP contribution in [0.15, 0.2) is 39.7 Å². The van der Waals surface area contributed by atoms with E-state index in [2.05, 4.69) is 10.3 Å². The largest absolute Gasteiger partial charge is 0.441 e. The third-order valence-corrected chi connectivity index (χ3v) is 6.40. The number of aryl methyl sites for hydroxylation is 2. The fraction of sp³-hybridized carbons (Fsp3) is 0.435. The van der Waals surface area contributed by atoms with Crippen molar-refractivity contribution in [3.8, 4) is 11.5 Å². The molecule has 2 aliphatic rings. The monoisotopic (exact) mass is 442 g/mol. The molecule has 31 heavy (non-hydrogen) atoms. The molecule has 2 amide bonds. The molecule has 0 radical (unpaired) electrons. The van der Waals surface area contributed by atoms with E-state index in [0.717, 1.165) is 60.0 Å². The van der Waals surface area contributed by atoms with Crippen molar-refractivity contribution in [1.82, 2.24) is 10.3 Å². The molecule has 2 fully saturated rings. The van der Waals surface area contributed by atoms with Gasteiger partial charge in [-0.05, 0) is 69.0 Å². The normalized spacial score (nSPS) is 22.8. The number of ether oxygens (including phenoxy) is 2. The molecule has 1 N–H and O–H groups in total. The summed E-state index contributed by atoms with van der Waals surface area (Å²) in [6.07, 6.45) is 5.59. The van der Waals surface area contributed by atoms with Crippen LogP contribution in [0.3, 0.4) is 0 Å². The zero-order valence-corrected chi connectivity index (χ0v) is 18.5. The van der Waals surface area contributed by atoms with E-state index in [1.165, 1.54) is 0 Å². The number of hydrogen-bond acceptors (Lipinski definition) is 7. The molecule has 8 heteroatoms. The lowest BCUT2D eigenvalue weighted by Gasteiger charge is -2.28. The molecule has 1 saturated heterocycles. The van der Waals surface area contributed by atoms with Gasteiger partial charge in [-0.15, -0.1) is 0 Å². The highest BCUT2D eigenvalue weighted by molar-refractivity contribution is 8.18. The molecule has 2 aromatic rings. The molecule has 1 aliphatic heterocycles. The molecule has 2 atom stereocenters. The number of rotatable bonds is 7. The zero-order chi connectivity index (χ0) is 21.8. The van der Waals surface area contributed by atoms with Gasteiger partial charge in [0.1, 0.15) is 11.5 Å². The van der Waals surface area contributed by atoms with Gasteiger partial charge in [-0.1, -0.05) is 18.2 Å². The Kier molecular flexibility index (Phi) is 6.89. The Morgan fingerprint density at radius 2 is 1.97 bits per heavy atom. The number of thioether (sulfide) groups is 1. The summed E-state index contributed by atoms with van der Waals surface area (Å²) in [5.74, 6) is 1.05. The van der Waals surface area contributed by atoms with Crippen LogP contribution >= 0.6 is 11.8 Å². The second-order valence-electron chi connectivity index (χ2n) is 7.80. The Morgan fingerprint density at radius 1 is 1.19 bits per heavy atom. The second-order valence-corrected chi connectivity index (χ2v) is 8.82. The van der Waals surface area contributed by atoms with Crippen molar-refractivity contribution in [2.75, 3.05) is 6.61 Å².